The smallest absolute Gasteiger partial charge is 0.227 e. The van der Waals surface area contributed by atoms with E-state index < -0.39 is 0 Å². The van der Waals surface area contributed by atoms with E-state index in [2.05, 4.69) is 20.9 Å². The number of nitrogens with zero attached hydrogens (tertiary/aromatic N) is 2. The van der Waals surface area contributed by atoms with Crippen LogP contribution < -0.4 is 9.64 Å². The van der Waals surface area contributed by atoms with E-state index >= 15 is 0 Å². The highest BCUT2D eigenvalue weighted by atomic mass is 79.9. The zero-order valence-corrected chi connectivity index (χ0v) is 16.0. The molecule has 1 aliphatic rings. The first-order valence-electron chi connectivity index (χ1n) is 7.84. The van der Waals surface area contributed by atoms with E-state index in [1.54, 1.807) is 24.1 Å². The molecule has 5 nitrogen and oxygen atoms in total. The Morgan fingerprint density at radius 3 is 2.92 bits per heavy atom. The number of hydrogen-bond donors (Lipinski definition) is 0. The molecule has 1 aliphatic heterocycles. The minimum absolute atomic E-state index is 0.0663. The molecule has 1 amide bonds. The van der Waals surface area contributed by atoms with Crippen molar-refractivity contribution in [2.45, 2.75) is 13.3 Å². The van der Waals surface area contributed by atoms with Gasteiger partial charge in [-0.2, -0.15) is 0 Å². The minimum Gasteiger partial charge on any atom is -0.439 e. The van der Waals surface area contributed by atoms with E-state index in [0.717, 1.165) is 10.2 Å². The number of rotatable bonds is 5. The lowest BCUT2D eigenvalue weighted by Crippen LogP contribution is -2.24. The van der Waals surface area contributed by atoms with Crippen molar-refractivity contribution in [3.8, 4) is 11.6 Å². The van der Waals surface area contributed by atoms with Gasteiger partial charge in [-0.25, -0.2) is 4.98 Å². The molecule has 0 bridgehead atoms. The number of hydrogen-bond acceptors (Lipinski definition) is 5. The van der Waals surface area contributed by atoms with Gasteiger partial charge in [-0.05, 0) is 30.2 Å². The summed E-state index contributed by atoms with van der Waals surface area (Å²) in [5, 5.41) is 0.0848. The van der Waals surface area contributed by atoms with Crippen molar-refractivity contribution < 1.29 is 14.3 Å². The summed E-state index contributed by atoms with van der Waals surface area (Å²) < 4.78 is 6.63. The van der Waals surface area contributed by atoms with Crippen LogP contribution in [0.5, 0.6) is 11.6 Å². The van der Waals surface area contributed by atoms with Gasteiger partial charge in [0.05, 0.1) is 11.9 Å². The van der Waals surface area contributed by atoms with Crippen molar-refractivity contribution in [2.75, 3.05) is 17.2 Å². The summed E-state index contributed by atoms with van der Waals surface area (Å²) in [6, 6.07) is 11.1. The van der Waals surface area contributed by atoms with E-state index in [1.807, 2.05) is 30.3 Å². The summed E-state index contributed by atoms with van der Waals surface area (Å²) in [4.78, 5) is 29.3. The Labute approximate surface area is 158 Å². The standard InChI is InChI=1S/C18H17BrN2O3S/c1-12(22)25-11-13-7-18(23)21(10-13)15-5-6-17(20-9-15)24-16-4-2-3-14(19)8-16/h2-6,8-9,13H,7,10-11H2,1H3. The van der Waals surface area contributed by atoms with Crippen LogP contribution >= 0.6 is 27.7 Å². The van der Waals surface area contributed by atoms with E-state index in [1.165, 1.54) is 11.8 Å². The van der Waals surface area contributed by atoms with Crippen LogP contribution in [0.15, 0.2) is 47.1 Å². The van der Waals surface area contributed by atoms with Crippen molar-refractivity contribution in [3.63, 3.8) is 0 Å². The maximum atomic E-state index is 12.2. The first-order valence-corrected chi connectivity index (χ1v) is 9.62. The van der Waals surface area contributed by atoms with Gasteiger partial charge in [0, 0.05) is 36.2 Å². The van der Waals surface area contributed by atoms with Crippen LogP contribution in [0.2, 0.25) is 0 Å². The maximum absolute atomic E-state index is 12.2. The third-order valence-electron chi connectivity index (χ3n) is 3.78. The van der Waals surface area contributed by atoms with Gasteiger partial charge < -0.3 is 9.64 Å². The fourth-order valence-electron chi connectivity index (χ4n) is 2.62. The monoisotopic (exact) mass is 420 g/mol. The number of anilines is 1. The lowest BCUT2D eigenvalue weighted by atomic mass is 10.1. The van der Waals surface area contributed by atoms with Crippen molar-refractivity contribution >= 4 is 44.4 Å². The van der Waals surface area contributed by atoms with Gasteiger partial charge in [-0.15, -0.1) is 0 Å². The maximum Gasteiger partial charge on any atom is 0.227 e. The first kappa shape index (κ1) is 17.9. The van der Waals surface area contributed by atoms with Gasteiger partial charge in [-0.1, -0.05) is 33.8 Å². The SMILES string of the molecule is CC(=O)SCC1CC(=O)N(c2ccc(Oc3cccc(Br)c3)nc2)C1. The summed E-state index contributed by atoms with van der Waals surface area (Å²) in [6.07, 6.45) is 2.11. The normalized spacial score (nSPS) is 17.0. The molecule has 3 rings (SSSR count). The van der Waals surface area contributed by atoms with Crippen molar-refractivity contribution in [1.82, 2.24) is 4.98 Å². The Kier molecular flexibility index (Phi) is 5.75. The number of benzene rings is 1. The van der Waals surface area contributed by atoms with Crippen molar-refractivity contribution in [3.05, 3.63) is 47.1 Å². The molecule has 0 aliphatic carbocycles. The molecule has 1 aromatic heterocycles. The predicted molar refractivity (Wildman–Crippen MR) is 102 cm³/mol. The van der Waals surface area contributed by atoms with Gasteiger partial charge >= 0.3 is 0 Å². The Balaban J connectivity index is 1.64. The summed E-state index contributed by atoms with van der Waals surface area (Å²) in [5.74, 6) is 2.09. The zero-order valence-electron chi connectivity index (χ0n) is 13.6. The largest absolute Gasteiger partial charge is 0.439 e. The lowest BCUT2D eigenvalue weighted by Gasteiger charge is -2.16. The van der Waals surface area contributed by atoms with Crippen molar-refractivity contribution in [2.24, 2.45) is 5.92 Å². The van der Waals surface area contributed by atoms with Crippen LogP contribution in [0.1, 0.15) is 13.3 Å². The van der Waals surface area contributed by atoms with Crippen LogP contribution in [0.3, 0.4) is 0 Å². The molecule has 1 saturated heterocycles. The summed E-state index contributed by atoms with van der Waals surface area (Å²) in [7, 11) is 0. The molecular weight excluding hydrogens is 404 g/mol. The van der Waals surface area contributed by atoms with Gasteiger partial charge in [0.25, 0.3) is 0 Å². The van der Waals surface area contributed by atoms with E-state index in [4.69, 9.17) is 4.74 Å². The first-order chi connectivity index (χ1) is 12.0. The molecule has 2 aromatic rings. The summed E-state index contributed by atoms with van der Waals surface area (Å²) >= 11 is 4.67. The highest BCUT2D eigenvalue weighted by Crippen LogP contribution is 2.29. The number of aromatic nitrogens is 1. The molecule has 130 valence electrons. The van der Waals surface area contributed by atoms with E-state index in [9.17, 15) is 9.59 Å². The molecule has 0 saturated carbocycles. The fraction of sp³-hybridized carbons (Fsp3) is 0.278. The molecule has 1 atom stereocenters. The highest BCUT2D eigenvalue weighted by Gasteiger charge is 2.30. The Morgan fingerprint density at radius 1 is 1.40 bits per heavy atom. The van der Waals surface area contributed by atoms with Crippen molar-refractivity contribution in [1.29, 1.82) is 0 Å². The summed E-state index contributed by atoms with van der Waals surface area (Å²) in [5.41, 5.74) is 0.752. The van der Waals surface area contributed by atoms with E-state index in [-0.39, 0.29) is 16.9 Å². The lowest BCUT2D eigenvalue weighted by molar-refractivity contribution is -0.117. The second-order valence-electron chi connectivity index (χ2n) is 5.79. The molecule has 1 aromatic carbocycles. The number of ether oxygens (including phenoxy) is 1. The Hall–Kier alpha value is -1.86. The fourth-order valence-corrected chi connectivity index (χ4v) is 3.69. The number of thioether (sulfide) groups is 1. The Bertz CT molecular complexity index is 782. The molecule has 1 unspecified atom stereocenters. The molecule has 2 heterocycles. The molecule has 0 N–H and O–H groups in total. The van der Waals surface area contributed by atoms with Gasteiger partial charge in [0.15, 0.2) is 5.12 Å². The quantitative estimate of drug-likeness (QED) is 0.722. The number of amides is 1. The molecule has 1 fully saturated rings. The van der Waals surface area contributed by atoms with Gasteiger partial charge in [0.2, 0.25) is 11.8 Å². The number of halogens is 1. The third-order valence-corrected chi connectivity index (χ3v) is 5.32. The molecule has 7 heteroatoms. The molecule has 25 heavy (non-hydrogen) atoms. The highest BCUT2D eigenvalue weighted by molar-refractivity contribution is 9.10. The van der Waals surface area contributed by atoms with Crippen LogP contribution in [-0.4, -0.2) is 28.3 Å². The second kappa shape index (κ2) is 8.01. The predicted octanol–water partition coefficient (Wildman–Crippen LogP) is 4.27. The minimum atomic E-state index is 0.0663. The van der Waals surface area contributed by atoms with Crippen LogP contribution in [0.25, 0.3) is 0 Å². The van der Waals surface area contributed by atoms with Crippen LogP contribution in [0, 0.1) is 5.92 Å². The molecule has 0 spiro atoms. The molecular formula is C18H17BrN2O3S. The van der Waals surface area contributed by atoms with Gasteiger partial charge in [0.1, 0.15) is 5.75 Å². The number of carbonyl (C=O) groups is 2. The topological polar surface area (TPSA) is 59.5 Å². The average molecular weight is 421 g/mol. The second-order valence-corrected chi connectivity index (χ2v) is 7.90. The van der Waals surface area contributed by atoms with Crippen LogP contribution in [0.4, 0.5) is 5.69 Å². The third kappa shape index (κ3) is 4.83. The number of pyridine rings is 1. The average Bonchev–Trinajstić information content (AvgIpc) is 2.95. The van der Waals surface area contributed by atoms with Gasteiger partial charge in [-0.3, -0.25) is 9.59 Å². The zero-order chi connectivity index (χ0) is 17.8. The summed E-state index contributed by atoms with van der Waals surface area (Å²) in [6.45, 7) is 2.17. The van der Waals surface area contributed by atoms with Crippen LogP contribution in [-0.2, 0) is 9.59 Å². The number of carbonyl (C=O) groups excluding carboxylic acids is 2. The Morgan fingerprint density at radius 2 is 2.24 bits per heavy atom. The molecule has 0 radical (unpaired) electrons. The van der Waals surface area contributed by atoms with E-state index in [0.29, 0.717) is 30.3 Å².